The first kappa shape index (κ1) is 23.4. The van der Waals surface area contributed by atoms with E-state index < -0.39 is 16.0 Å². The molecule has 0 saturated heterocycles. The van der Waals surface area contributed by atoms with Gasteiger partial charge < -0.3 is 4.74 Å². The number of carbonyl (C=O) groups is 3. The first-order chi connectivity index (χ1) is 13.1. The monoisotopic (exact) mass is 411 g/mol. The molecule has 28 heavy (non-hydrogen) atoms. The Morgan fingerprint density at radius 3 is 2.25 bits per heavy atom. The SMILES string of the molecule is CCNS(=O)(=O)c1ccc(N2N=C(C)CC2=O)cc1.CCOC(=O)CC(C)=O. The summed E-state index contributed by atoms with van der Waals surface area (Å²) in [5.74, 6) is -0.710. The summed E-state index contributed by atoms with van der Waals surface area (Å²) >= 11 is 0. The number of benzene rings is 1. The van der Waals surface area contributed by atoms with Crippen molar-refractivity contribution < 1.29 is 27.5 Å². The number of hydrazone groups is 1. The number of ketones is 1. The second-order valence-corrected chi connectivity index (χ2v) is 7.66. The fourth-order valence-electron chi connectivity index (χ4n) is 2.21. The van der Waals surface area contributed by atoms with Gasteiger partial charge in [-0.1, -0.05) is 6.92 Å². The topological polar surface area (TPSA) is 122 Å². The number of nitrogens with zero attached hydrogens (tertiary/aromatic N) is 2. The summed E-state index contributed by atoms with van der Waals surface area (Å²) < 4.78 is 30.4. The molecular weight excluding hydrogens is 386 g/mol. The van der Waals surface area contributed by atoms with E-state index in [0.29, 0.717) is 25.3 Å². The molecule has 0 unspecified atom stereocenters. The Balaban J connectivity index is 0.000000370. The van der Waals surface area contributed by atoms with Gasteiger partial charge in [0.1, 0.15) is 12.2 Å². The normalized spacial score (nSPS) is 13.5. The van der Waals surface area contributed by atoms with Crippen molar-refractivity contribution in [3.63, 3.8) is 0 Å². The Labute approximate surface area is 164 Å². The van der Waals surface area contributed by atoms with Crippen LogP contribution in [0.15, 0.2) is 34.3 Å². The molecule has 1 aromatic rings. The van der Waals surface area contributed by atoms with Gasteiger partial charge >= 0.3 is 5.97 Å². The van der Waals surface area contributed by atoms with Gasteiger partial charge in [0.25, 0.3) is 5.91 Å². The molecule has 1 amide bonds. The molecule has 0 atom stereocenters. The summed E-state index contributed by atoms with van der Waals surface area (Å²) in [6.45, 7) is 7.23. The number of nitrogens with one attached hydrogen (secondary N) is 1. The highest BCUT2D eigenvalue weighted by molar-refractivity contribution is 7.89. The summed E-state index contributed by atoms with van der Waals surface area (Å²) in [4.78, 5) is 32.5. The van der Waals surface area contributed by atoms with E-state index in [1.54, 1.807) is 32.9 Å². The fraction of sp³-hybridized carbons (Fsp3) is 0.444. The van der Waals surface area contributed by atoms with E-state index >= 15 is 0 Å². The van der Waals surface area contributed by atoms with Crippen LogP contribution in [0.2, 0.25) is 0 Å². The second kappa shape index (κ2) is 10.7. The first-order valence-electron chi connectivity index (χ1n) is 8.72. The van der Waals surface area contributed by atoms with Crippen LogP contribution in [0, 0.1) is 0 Å². The molecule has 1 heterocycles. The zero-order valence-corrected chi connectivity index (χ0v) is 17.2. The van der Waals surface area contributed by atoms with Crippen LogP contribution < -0.4 is 9.73 Å². The van der Waals surface area contributed by atoms with Crippen LogP contribution in [-0.4, -0.2) is 44.9 Å². The lowest BCUT2D eigenvalue weighted by Crippen LogP contribution is -2.23. The predicted molar refractivity (Wildman–Crippen MR) is 104 cm³/mol. The number of anilines is 1. The summed E-state index contributed by atoms with van der Waals surface area (Å²) in [6.07, 6.45) is 0.200. The minimum atomic E-state index is -3.46. The lowest BCUT2D eigenvalue weighted by molar-refractivity contribution is -0.145. The summed E-state index contributed by atoms with van der Waals surface area (Å²) in [6, 6.07) is 6.07. The number of esters is 1. The van der Waals surface area contributed by atoms with E-state index in [0.717, 1.165) is 5.71 Å². The minimum Gasteiger partial charge on any atom is -0.466 e. The molecule has 1 aliphatic heterocycles. The third-order valence-corrected chi connectivity index (χ3v) is 4.90. The van der Waals surface area contributed by atoms with Gasteiger partial charge in [-0.25, -0.2) is 18.1 Å². The maximum atomic E-state index is 11.8. The average Bonchev–Trinajstić information content (AvgIpc) is 2.93. The van der Waals surface area contributed by atoms with Gasteiger partial charge in [0.2, 0.25) is 10.0 Å². The van der Waals surface area contributed by atoms with Crippen LogP contribution in [0.25, 0.3) is 0 Å². The Morgan fingerprint density at radius 2 is 1.82 bits per heavy atom. The molecule has 1 aromatic carbocycles. The van der Waals surface area contributed by atoms with Crippen molar-refractivity contribution in [3.05, 3.63) is 24.3 Å². The van der Waals surface area contributed by atoms with Crippen molar-refractivity contribution in [1.29, 1.82) is 0 Å². The fourth-order valence-corrected chi connectivity index (χ4v) is 3.25. The lowest BCUT2D eigenvalue weighted by Gasteiger charge is -2.12. The predicted octanol–water partition coefficient (Wildman–Crippen LogP) is 1.63. The van der Waals surface area contributed by atoms with E-state index in [-0.39, 0.29) is 23.0 Å². The second-order valence-electron chi connectivity index (χ2n) is 5.90. The quantitative estimate of drug-likeness (QED) is 0.537. The Hall–Kier alpha value is -2.59. The smallest absolute Gasteiger partial charge is 0.313 e. The van der Waals surface area contributed by atoms with Gasteiger partial charge in [0.15, 0.2) is 0 Å². The van der Waals surface area contributed by atoms with Crippen LogP contribution in [0.1, 0.15) is 40.5 Å². The van der Waals surface area contributed by atoms with Gasteiger partial charge in [-0.2, -0.15) is 5.10 Å². The standard InChI is InChI=1S/C12H15N3O3S.C6H10O3/c1-3-13-19(17,18)11-6-4-10(5-7-11)15-12(16)8-9(2)14-15;1-3-9-6(8)4-5(2)7/h4-7,13H,3,8H2,1-2H3;3-4H2,1-2H3. The molecular formula is C18H25N3O6S. The number of amides is 1. The summed E-state index contributed by atoms with van der Waals surface area (Å²) in [5.41, 5.74) is 1.31. The Bertz CT molecular complexity index is 847. The van der Waals surface area contributed by atoms with E-state index in [9.17, 15) is 22.8 Å². The highest BCUT2D eigenvalue weighted by Gasteiger charge is 2.23. The maximum absolute atomic E-state index is 11.8. The van der Waals surface area contributed by atoms with Crippen LogP contribution in [0.4, 0.5) is 5.69 Å². The van der Waals surface area contributed by atoms with Crippen molar-refractivity contribution >= 4 is 39.1 Å². The molecule has 154 valence electrons. The number of carbonyl (C=O) groups excluding carboxylic acids is 3. The van der Waals surface area contributed by atoms with E-state index in [4.69, 9.17) is 0 Å². The van der Waals surface area contributed by atoms with Gasteiger partial charge in [-0.05, 0) is 45.0 Å². The van der Waals surface area contributed by atoms with Gasteiger partial charge in [0.05, 0.1) is 23.6 Å². The molecule has 0 fully saturated rings. The van der Waals surface area contributed by atoms with Crippen LogP contribution in [0.3, 0.4) is 0 Å². The van der Waals surface area contributed by atoms with Crippen molar-refractivity contribution in [2.75, 3.05) is 18.2 Å². The summed E-state index contributed by atoms with van der Waals surface area (Å²) in [5, 5.41) is 5.39. The molecule has 1 N–H and O–H groups in total. The number of sulfonamides is 1. The molecule has 9 nitrogen and oxygen atoms in total. The molecule has 0 aliphatic carbocycles. The molecule has 0 radical (unpaired) electrons. The van der Waals surface area contributed by atoms with Gasteiger partial charge in [-0.3, -0.25) is 14.4 Å². The van der Waals surface area contributed by atoms with E-state index in [2.05, 4.69) is 14.6 Å². The molecule has 1 aliphatic rings. The van der Waals surface area contributed by atoms with Crippen molar-refractivity contribution in [2.24, 2.45) is 5.10 Å². The lowest BCUT2D eigenvalue weighted by atomic mass is 10.3. The third kappa shape index (κ3) is 7.20. The largest absolute Gasteiger partial charge is 0.466 e. The van der Waals surface area contributed by atoms with E-state index in [1.807, 2.05) is 0 Å². The maximum Gasteiger partial charge on any atom is 0.313 e. The zero-order chi connectivity index (χ0) is 21.3. The van der Waals surface area contributed by atoms with Gasteiger partial charge in [-0.15, -0.1) is 0 Å². The number of hydrogen-bond acceptors (Lipinski definition) is 7. The number of rotatable bonds is 7. The summed E-state index contributed by atoms with van der Waals surface area (Å²) in [7, 11) is -3.46. The molecule has 0 saturated carbocycles. The number of Topliss-reactive ketones (excluding diaryl/α,β-unsaturated/α-hetero) is 1. The van der Waals surface area contributed by atoms with Crippen molar-refractivity contribution in [3.8, 4) is 0 Å². The Morgan fingerprint density at radius 1 is 1.21 bits per heavy atom. The number of hydrogen-bond donors (Lipinski definition) is 1. The minimum absolute atomic E-state index is 0.103. The van der Waals surface area contributed by atoms with Crippen molar-refractivity contribution in [2.45, 2.75) is 45.4 Å². The van der Waals surface area contributed by atoms with Crippen molar-refractivity contribution in [1.82, 2.24) is 4.72 Å². The molecule has 10 heteroatoms. The highest BCUT2D eigenvalue weighted by Crippen LogP contribution is 2.22. The molecule has 0 aromatic heterocycles. The van der Waals surface area contributed by atoms with Crippen LogP contribution in [-0.2, 0) is 29.1 Å². The molecule has 0 spiro atoms. The zero-order valence-electron chi connectivity index (χ0n) is 16.4. The highest BCUT2D eigenvalue weighted by atomic mass is 32.2. The van der Waals surface area contributed by atoms with E-state index in [1.165, 1.54) is 24.1 Å². The Kier molecular flexibility index (Phi) is 8.93. The third-order valence-electron chi connectivity index (χ3n) is 3.34. The molecule has 2 rings (SSSR count). The van der Waals surface area contributed by atoms with Crippen LogP contribution in [0.5, 0.6) is 0 Å². The first-order valence-corrected chi connectivity index (χ1v) is 10.2. The number of ether oxygens (including phenoxy) is 1. The van der Waals surface area contributed by atoms with Gasteiger partial charge in [0, 0.05) is 12.3 Å². The average molecular weight is 411 g/mol. The van der Waals surface area contributed by atoms with Crippen LogP contribution >= 0.6 is 0 Å². The molecule has 0 bridgehead atoms.